The Morgan fingerprint density at radius 1 is 1.06 bits per heavy atom. The number of ether oxygens (including phenoxy) is 1. The van der Waals surface area contributed by atoms with Gasteiger partial charge in [0.2, 0.25) is 0 Å². The van der Waals surface area contributed by atoms with Crippen LogP contribution in [0.3, 0.4) is 0 Å². The van der Waals surface area contributed by atoms with E-state index < -0.39 is 0 Å². The van der Waals surface area contributed by atoms with Crippen LogP contribution >= 0.6 is 0 Å². The van der Waals surface area contributed by atoms with Crippen molar-refractivity contribution in [1.29, 1.82) is 0 Å². The van der Waals surface area contributed by atoms with Crippen molar-refractivity contribution in [3.63, 3.8) is 0 Å². The molecule has 2 heteroatoms. The number of nitrogen functional groups attached to an aromatic ring is 1. The monoisotopic (exact) mass is 225 g/mol. The van der Waals surface area contributed by atoms with Gasteiger partial charge in [0.1, 0.15) is 5.75 Å². The van der Waals surface area contributed by atoms with E-state index in [9.17, 15) is 0 Å². The van der Waals surface area contributed by atoms with Gasteiger partial charge in [-0.3, -0.25) is 0 Å². The Bertz CT molecular complexity index is 532. The van der Waals surface area contributed by atoms with Gasteiger partial charge in [0, 0.05) is 5.56 Å². The number of hydrogen-bond acceptors (Lipinski definition) is 2. The zero-order valence-electron chi connectivity index (χ0n) is 9.81. The lowest BCUT2D eigenvalue weighted by molar-refractivity contribution is 0.417. The summed E-state index contributed by atoms with van der Waals surface area (Å²) < 4.78 is 5.21. The van der Waals surface area contributed by atoms with Crippen molar-refractivity contribution in [1.82, 2.24) is 0 Å². The minimum Gasteiger partial charge on any atom is -0.495 e. The van der Waals surface area contributed by atoms with Crippen LogP contribution in [0.2, 0.25) is 0 Å². The third kappa shape index (κ3) is 2.16. The second kappa shape index (κ2) is 4.74. The molecule has 2 rings (SSSR count). The smallest absolute Gasteiger partial charge is 0.142 e. The number of para-hydroxylation sites is 1. The quantitative estimate of drug-likeness (QED) is 0.813. The van der Waals surface area contributed by atoms with Gasteiger partial charge in [-0.25, -0.2) is 0 Å². The maximum absolute atomic E-state index is 6.05. The van der Waals surface area contributed by atoms with E-state index in [1.165, 1.54) is 0 Å². The molecule has 0 heterocycles. The zero-order valence-corrected chi connectivity index (χ0v) is 9.81. The fraction of sp³-hybridized carbons (Fsp3) is 0.0667. The van der Waals surface area contributed by atoms with E-state index in [-0.39, 0.29) is 0 Å². The predicted molar refractivity (Wildman–Crippen MR) is 72.0 cm³/mol. The van der Waals surface area contributed by atoms with E-state index >= 15 is 0 Å². The lowest BCUT2D eigenvalue weighted by Gasteiger charge is -2.12. The standard InChI is InChI=1S/C15H15NO/c1-11(12-7-4-3-5-8-12)13-9-6-10-14(17-2)15(13)16/h3-10H,1,16H2,2H3. The highest BCUT2D eigenvalue weighted by Gasteiger charge is 2.09. The van der Waals surface area contributed by atoms with Gasteiger partial charge in [-0.15, -0.1) is 0 Å². The van der Waals surface area contributed by atoms with Gasteiger partial charge >= 0.3 is 0 Å². The van der Waals surface area contributed by atoms with Crippen molar-refractivity contribution < 1.29 is 4.74 Å². The number of benzene rings is 2. The van der Waals surface area contributed by atoms with Crippen molar-refractivity contribution >= 4 is 11.3 Å². The SMILES string of the molecule is C=C(c1ccccc1)c1cccc(OC)c1N. The summed E-state index contributed by atoms with van der Waals surface area (Å²) in [4.78, 5) is 0. The number of nitrogens with two attached hydrogens (primary N) is 1. The molecule has 0 saturated carbocycles. The predicted octanol–water partition coefficient (Wildman–Crippen LogP) is 3.34. The average Bonchev–Trinajstić information content (AvgIpc) is 2.39. The molecule has 0 bridgehead atoms. The third-order valence-electron chi connectivity index (χ3n) is 2.73. The number of rotatable bonds is 3. The molecule has 0 aliphatic carbocycles. The highest BCUT2D eigenvalue weighted by atomic mass is 16.5. The van der Waals surface area contributed by atoms with E-state index in [1.807, 2.05) is 48.5 Å². The van der Waals surface area contributed by atoms with Crippen molar-refractivity contribution in [2.24, 2.45) is 0 Å². The molecule has 86 valence electrons. The van der Waals surface area contributed by atoms with E-state index in [0.717, 1.165) is 16.7 Å². The first kappa shape index (κ1) is 11.3. The minimum absolute atomic E-state index is 0.629. The molecule has 0 spiro atoms. The molecule has 0 atom stereocenters. The van der Waals surface area contributed by atoms with Crippen LogP contribution in [0.4, 0.5) is 5.69 Å². The van der Waals surface area contributed by atoms with Crippen molar-refractivity contribution in [2.75, 3.05) is 12.8 Å². The first-order chi connectivity index (χ1) is 8.24. The maximum atomic E-state index is 6.05. The van der Waals surface area contributed by atoms with Crippen LogP contribution in [0.15, 0.2) is 55.1 Å². The second-order valence-corrected chi connectivity index (χ2v) is 3.77. The molecule has 0 aliphatic heterocycles. The Kier molecular flexibility index (Phi) is 3.15. The number of methoxy groups -OCH3 is 1. The molecule has 0 fully saturated rings. The highest BCUT2D eigenvalue weighted by Crippen LogP contribution is 2.32. The van der Waals surface area contributed by atoms with Crippen LogP contribution in [0.5, 0.6) is 5.75 Å². The van der Waals surface area contributed by atoms with Crippen LogP contribution in [0.25, 0.3) is 5.57 Å². The molecule has 2 aromatic rings. The summed E-state index contributed by atoms with van der Waals surface area (Å²) in [5, 5.41) is 0. The Balaban J connectivity index is 2.45. The summed E-state index contributed by atoms with van der Waals surface area (Å²) in [6.45, 7) is 4.10. The molecule has 0 aliphatic rings. The molecule has 0 aromatic heterocycles. The van der Waals surface area contributed by atoms with Crippen LogP contribution < -0.4 is 10.5 Å². The van der Waals surface area contributed by atoms with Gasteiger partial charge in [0.25, 0.3) is 0 Å². The maximum Gasteiger partial charge on any atom is 0.142 e. The lowest BCUT2D eigenvalue weighted by Crippen LogP contribution is -1.98. The van der Waals surface area contributed by atoms with Gasteiger partial charge in [0.05, 0.1) is 12.8 Å². The summed E-state index contributed by atoms with van der Waals surface area (Å²) in [5.41, 5.74) is 9.55. The Morgan fingerprint density at radius 2 is 1.76 bits per heavy atom. The van der Waals surface area contributed by atoms with Crippen molar-refractivity contribution in [3.8, 4) is 5.75 Å². The van der Waals surface area contributed by atoms with E-state index in [1.54, 1.807) is 7.11 Å². The summed E-state index contributed by atoms with van der Waals surface area (Å²) in [6.07, 6.45) is 0. The van der Waals surface area contributed by atoms with Gasteiger partial charge in [-0.05, 0) is 17.2 Å². The molecule has 0 unspecified atom stereocenters. The summed E-state index contributed by atoms with van der Waals surface area (Å²) in [7, 11) is 1.61. The number of hydrogen-bond donors (Lipinski definition) is 1. The van der Waals surface area contributed by atoms with Crippen LogP contribution in [-0.2, 0) is 0 Å². The summed E-state index contributed by atoms with van der Waals surface area (Å²) in [6, 6.07) is 15.7. The first-order valence-corrected chi connectivity index (χ1v) is 5.41. The van der Waals surface area contributed by atoms with Crippen LogP contribution in [0.1, 0.15) is 11.1 Å². The topological polar surface area (TPSA) is 35.2 Å². The first-order valence-electron chi connectivity index (χ1n) is 5.41. The third-order valence-corrected chi connectivity index (χ3v) is 2.73. The summed E-state index contributed by atoms with van der Waals surface area (Å²) >= 11 is 0. The highest BCUT2D eigenvalue weighted by molar-refractivity contribution is 5.86. The average molecular weight is 225 g/mol. The van der Waals surface area contributed by atoms with Gasteiger partial charge in [0.15, 0.2) is 0 Å². The van der Waals surface area contributed by atoms with E-state index in [2.05, 4.69) is 6.58 Å². The largest absolute Gasteiger partial charge is 0.495 e. The molecule has 17 heavy (non-hydrogen) atoms. The van der Waals surface area contributed by atoms with Gasteiger partial charge in [-0.1, -0.05) is 49.0 Å². The Morgan fingerprint density at radius 3 is 2.41 bits per heavy atom. The Labute approximate surface area is 101 Å². The van der Waals surface area contributed by atoms with Gasteiger partial charge in [-0.2, -0.15) is 0 Å². The molecule has 2 aromatic carbocycles. The van der Waals surface area contributed by atoms with Crippen LogP contribution in [-0.4, -0.2) is 7.11 Å². The molecule has 0 saturated heterocycles. The molecule has 0 radical (unpaired) electrons. The lowest BCUT2D eigenvalue weighted by atomic mass is 9.98. The Hall–Kier alpha value is -2.22. The van der Waals surface area contributed by atoms with Crippen LogP contribution in [0, 0.1) is 0 Å². The van der Waals surface area contributed by atoms with Crippen molar-refractivity contribution in [2.45, 2.75) is 0 Å². The molecule has 2 nitrogen and oxygen atoms in total. The molecule has 2 N–H and O–H groups in total. The molecular formula is C15H15NO. The van der Waals surface area contributed by atoms with E-state index in [0.29, 0.717) is 11.4 Å². The van der Waals surface area contributed by atoms with E-state index in [4.69, 9.17) is 10.5 Å². The second-order valence-electron chi connectivity index (χ2n) is 3.77. The van der Waals surface area contributed by atoms with Gasteiger partial charge < -0.3 is 10.5 Å². The normalized spacial score (nSPS) is 9.94. The minimum atomic E-state index is 0.629. The fourth-order valence-corrected chi connectivity index (χ4v) is 1.78. The summed E-state index contributed by atoms with van der Waals surface area (Å²) in [5.74, 6) is 0.680. The fourth-order valence-electron chi connectivity index (χ4n) is 1.78. The van der Waals surface area contributed by atoms with Crippen molar-refractivity contribution in [3.05, 3.63) is 66.2 Å². The molecule has 0 amide bonds. The zero-order chi connectivity index (χ0) is 12.3. The molecular weight excluding hydrogens is 210 g/mol. The number of anilines is 1.